The number of nitrogens with one attached hydrogen (secondary N) is 1. The molecule has 0 amide bonds. The van der Waals surface area contributed by atoms with Crippen LogP contribution in [0.15, 0.2) is 54.6 Å². The molecule has 3 heteroatoms. The minimum Gasteiger partial charge on any atom is -0.489 e. The lowest BCUT2D eigenvalue weighted by Gasteiger charge is -2.35. The predicted molar refractivity (Wildman–Crippen MR) is 106 cm³/mol. The number of hydrogen-bond donors (Lipinski definition) is 1. The zero-order chi connectivity index (χ0) is 17.6. The fraction of sp³-hybridized carbons (Fsp3) is 0.455. The van der Waals surface area contributed by atoms with Crippen LogP contribution in [0.3, 0.4) is 0 Å². The molecule has 0 radical (unpaired) electrons. The zero-order valence-corrected chi connectivity index (χ0v) is 15.5. The van der Waals surface area contributed by atoms with Crippen LogP contribution in [0.2, 0.25) is 0 Å². The van der Waals surface area contributed by atoms with Crippen molar-refractivity contribution in [2.75, 3.05) is 26.2 Å². The van der Waals surface area contributed by atoms with E-state index in [0.29, 0.717) is 18.7 Å². The predicted octanol–water partition coefficient (Wildman–Crippen LogP) is 4.24. The monoisotopic (exact) mass is 338 g/mol. The Balaban J connectivity index is 1.44. The SMILES string of the molecule is C=C(CNC1CCN(C(C)C)CC1)COc1cccc2ccccc12. The van der Waals surface area contributed by atoms with Crippen LogP contribution in [-0.4, -0.2) is 43.2 Å². The van der Waals surface area contributed by atoms with Crippen molar-refractivity contribution in [2.45, 2.75) is 38.8 Å². The smallest absolute Gasteiger partial charge is 0.127 e. The molecule has 3 nitrogen and oxygen atoms in total. The average molecular weight is 338 g/mol. The average Bonchev–Trinajstić information content (AvgIpc) is 2.65. The minimum atomic E-state index is 0.561. The molecule has 1 aliphatic rings. The van der Waals surface area contributed by atoms with Gasteiger partial charge in [-0.2, -0.15) is 0 Å². The first-order valence-electron chi connectivity index (χ1n) is 9.38. The van der Waals surface area contributed by atoms with Crippen molar-refractivity contribution in [1.29, 1.82) is 0 Å². The highest BCUT2D eigenvalue weighted by Gasteiger charge is 2.20. The van der Waals surface area contributed by atoms with Gasteiger partial charge in [0.1, 0.15) is 12.4 Å². The Morgan fingerprint density at radius 1 is 1.16 bits per heavy atom. The summed E-state index contributed by atoms with van der Waals surface area (Å²) in [5.74, 6) is 0.935. The molecule has 0 bridgehead atoms. The second-order valence-corrected chi connectivity index (χ2v) is 7.30. The fourth-order valence-electron chi connectivity index (χ4n) is 3.46. The normalized spacial score (nSPS) is 16.4. The fourth-order valence-corrected chi connectivity index (χ4v) is 3.46. The Morgan fingerprint density at radius 3 is 2.64 bits per heavy atom. The zero-order valence-electron chi connectivity index (χ0n) is 15.5. The molecule has 1 saturated heterocycles. The van der Waals surface area contributed by atoms with Gasteiger partial charge in [0.05, 0.1) is 0 Å². The van der Waals surface area contributed by atoms with Crippen LogP contribution in [0, 0.1) is 0 Å². The molecule has 0 aliphatic carbocycles. The van der Waals surface area contributed by atoms with E-state index in [4.69, 9.17) is 4.74 Å². The molecular formula is C22H30N2O. The summed E-state index contributed by atoms with van der Waals surface area (Å²) in [4.78, 5) is 2.55. The first-order valence-corrected chi connectivity index (χ1v) is 9.38. The molecule has 1 heterocycles. The Labute approximate surface area is 151 Å². The first kappa shape index (κ1) is 18.0. The van der Waals surface area contributed by atoms with Crippen LogP contribution in [0.4, 0.5) is 0 Å². The molecule has 2 aromatic rings. The highest BCUT2D eigenvalue weighted by atomic mass is 16.5. The maximum absolute atomic E-state index is 6.02. The number of likely N-dealkylation sites (tertiary alicyclic amines) is 1. The molecule has 1 N–H and O–H groups in total. The molecule has 1 fully saturated rings. The summed E-state index contributed by atoms with van der Waals surface area (Å²) in [6.07, 6.45) is 2.44. The lowest BCUT2D eigenvalue weighted by molar-refractivity contribution is 0.162. The second kappa shape index (κ2) is 8.50. The summed E-state index contributed by atoms with van der Waals surface area (Å²) in [5, 5.41) is 6.02. The lowest BCUT2D eigenvalue weighted by Crippen LogP contribution is -2.45. The van der Waals surface area contributed by atoms with Crippen molar-refractivity contribution < 1.29 is 4.74 Å². The number of hydrogen-bond acceptors (Lipinski definition) is 3. The van der Waals surface area contributed by atoms with Gasteiger partial charge in [-0.15, -0.1) is 0 Å². The van der Waals surface area contributed by atoms with Crippen LogP contribution in [-0.2, 0) is 0 Å². The molecule has 3 rings (SSSR count). The second-order valence-electron chi connectivity index (χ2n) is 7.30. The largest absolute Gasteiger partial charge is 0.489 e. The molecule has 0 aromatic heterocycles. The summed E-state index contributed by atoms with van der Waals surface area (Å²) >= 11 is 0. The van der Waals surface area contributed by atoms with E-state index in [-0.39, 0.29) is 0 Å². The van der Waals surface area contributed by atoms with E-state index in [1.54, 1.807) is 0 Å². The summed E-state index contributed by atoms with van der Waals surface area (Å²) in [5.41, 5.74) is 1.10. The van der Waals surface area contributed by atoms with E-state index >= 15 is 0 Å². The first-order chi connectivity index (χ1) is 12.1. The van der Waals surface area contributed by atoms with Gasteiger partial charge < -0.3 is 15.0 Å². The maximum atomic E-state index is 6.02. The highest BCUT2D eigenvalue weighted by molar-refractivity contribution is 5.88. The van der Waals surface area contributed by atoms with Crippen molar-refractivity contribution >= 4 is 10.8 Å². The Morgan fingerprint density at radius 2 is 1.88 bits per heavy atom. The van der Waals surface area contributed by atoms with E-state index in [1.165, 1.54) is 31.3 Å². The highest BCUT2D eigenvalue weighted by Crippen LogP contribution is 2.25. The number of fused-ring (bicyclic) bond motifs is 1. The number of piperidine rings is 1. The van der Waals surface area contributed by atoms with E-state index in [9.17, 15) is 0 Å². The standard InChI is InChI=1S/C22H30N2O/c1-17(2)24-13-11-20(12-14-24)23-15-18(3)16-25-22-10-6-8-19-7-4-5-9-21(19)22/h4-10,17,20,23H,3,11-16H2,1-2H3. The van der Waals surface area contributed by atoms with Crippen molar-refractivity contribution in [2.24, 2.45) is 0 Å². The van der Waals surface area contributed by atoms with Gasteiger partial charge in [0.2, 0.25) is 0 Å². The molecule has 0 saturated carbocycles. The summed E-state index contributed by atoms with van der Waals surface area (Å²) in [6, 6.07) is 15.8. The molecule has 25 heavy (non-hydrogen) atoms. The van der Waals surface area contributed by atoms with E-state index in [1.807, 2.05) is 12.1 Å². The third-order valence-electron chi connectivity index (χ3n) is 5.08. The van der Waals surface area contributed by atoms with Gasteiger partial charge in [-0.3, -0.25) is 0 Å². The topological polar surface area (TPSA) is 24.5 Å². The molecule has 0 unspecified atom stereocenters. The number of nitrogens with zero attached hydrogens (tertiary/aromatic N) is 1. The summed E-state index contributed by atoms with van der Waals surface area (Å²) < 4.78 is 6.02. The molecular weight excluding hydrogens is 308 g/mol. The molecule has 0 atom stereocenters. The Bertz CT molecular complexity index is 697. The lowest BCUT2D eigenvalue weighted by atomic mass is 10.0. The van der Waals surface area contributed by atoms with Gasteiger partial charge in [-0.05, 0) is 56.8 Å². The van der Waals surface area contributed by atoms with E-state index in [0.717, 1.165) is 23.3 Å². The summed E-state index contributed by atoms with van der Waals surface area (Å²) in [6.45, 7) is 12.5. The quantitative estimate of drug-likeness (QED) is 0.764. The molecule has 134 valence electrons. The van der Waals surface area contributed by atoms with Crippen LogP contribution < -0.4 is 10.1 Å². The van der Waals surface area contributed by atoms with Crippen LogP contribution in [0.1, 0.15) is 26.7 Å². The van der Waals surface area contributed by atoms with Crippen molar-refractivity contribution in [3.63, 3.8) is 0 Å². The Hall–Kier alpha value is -1.84. The van der Waals surface area contributed by atoms with Crippen molar-refractivity contribution in [1.82, 2.24) is 10.2 Å². The van der Waals surface area contributed by atoms with Crippen molar-refractivity contribution in [3.8, 4) is 5.75 Å². The van der Waals surface area contributed by atoms with E-state index < -0.39 is 0 Å². The van der Waals surface area contributed by atoms with Gasteiger partial charge in [0, 0.05) is 24.0 Å². The summed E-state index contributed by atoms with van der Waals surface area (Å²) in [7, 11) is 0. The number of rotatable bonds is 7. The van der Waals surface area contributed by atoms with Crippen LogP contribution in [0.25, 0.3) is 10.8 Å². The van der Waals surface area contributed by atoms with E-state index in [2.05, 4.69) is 61.0 Å². The van der Waals surface area contributed by atoms with Crippen LogP contribution >= 0.6 is 0 Å². The van der Waals surface area contributed by atoms with Crippen LogP contribution in [0.5, 0.6) is 5.75 Å². The van der Waals surface area contributed by atoms with Gasteiger partial charge in [0.15, 0.2) is 0 Å². The number of benzene rings is 2. The molecule has 0 spiro atoms. The van der Waals surface area contributed by atoms with Gasteiger partial charge in [-0.25, -0.2) is 0 Å². The maximum Gasteiger partial charge on any atom is 0.127 e. The van der Waals surface area contributed by atoms with Gasteiger partial charge in [0.25, 0.3) is 0 Å². The number of ether oxygens (including phenoxy) is 1. The Kier molecular flexibility index (Phi) is 6.11. The third-order valence-corrected chi connectivity index (χ3v) is 5.08. The van der Waals surface area contributed by atoms with Crippen molar-refractivity contribution in [3.05, 3.63) is 54.6 Å². The third kappa shape index (κ3) is 4.83. The minimum absolute atomic E-state index is 0.561. The molecule has 2 aromatic carbocycles. The molecule has 1 aliphatic heterocycles. The van der Waals surface area contributed by atoms with Gasteiger partial charge >= 0.3 is 0 Å². The van der Waals surface area contributed by atoms with Gasteiger partial charge in [-0.1, -0.05) is 43.0 Å².